The van der Waals surface area contributed by atoms with Crippen LogP contribution in [0.15, 0.2) is 11.6 Å². The van der Waals surface area contributed by atoms with Crippen molar-refractivity contribution in [1.82, 2.24) is 9.62 Å². The summed E-state index contributed by atoms with van der Waals surface area (Å²) in [4.78, 5) is 14.6. The number of hydrogen-bond donors (Lipinski definition) is 1. The van der Waals surface area contributed by atoms with Gasteiger partial charge in [0.05, 0.1) is 18.9 Å². The van der Waals surface area contributed by atoms with Crippen LogP contribution in [0, 0.1) is 5.41 Å². The van der Waals surface area contributed by atoms with E-state index in [9.17, 15) is 13.2 Å². The summed E-state index contributed by atoms with van der Waals surface area (Å²) >= 11 is 0. The summed E-state index contributed by atoms with van der Waals surface area (Å²) < 4.78 is 31.6. The zero-order valence-electron chi connectivity index (χ0n) is 14.4. The van der Waals surface area contributed by atoms with Crippen LogP contribution >= 0.6 is 0 Å². The second kappa shape index (κ2) is 7.14. The Kier molecular flexibility index (Phi) is 5.32. The summed E-state index contributed by atoms with van der Waals surface area (Å²) in [6, 6.07) is -0.188. The molecular weight excluding hydrogens is 328 g/mol. The Morgan fingerprint density at radius 2 is 2.04 bits per heavy atom. The number of sulfonamides is 1. The highest BCUT2D eigenvalue weighted by Gasteiger charge is 2.45. The van der Waals surface area contributed by atoms with E-state index in [1.165, 1.54) is 12.7 Å². The van der Waals surface area contributed by atoms with Gasteiger partial charge in [0.2, 0.25) is 15.9 Å². The molecule has 0 aromatic rings. The number of hydrogen-bond acceptors (Lipinski definition) is 4. The zero-order valence-corrected chi connectivity index (χ0v) is 15.2. The predicted molar refractivity (Wildman–Crippen MR) is 92.0 cm³/mol. The zero-order chi connectivity index (χ0) is 17.2. The van der Waals surface area contributed by atoms with Gasteiger partial charge in [0.1, 0.15) is 0 Å². The minimum Gasteiger partial charge on any atom is -0.380 e. The lowest BCUT2D eigenvalue weighted by atomic mass is 9.69. The number of piperidine rings is 1. The van der Waals surface area contributed by atoms with Crippen molar-refractivity contribution in [3.8, 4) is 0 Å². The lowest BCUT2D eigenvalue weighted by molar-refractivity contribution is -0.131. The number of carbonyl (C=O) groups is 1. The minimum atomic E-state index is -3.27. The molecule has 0 saturated carbocycles. The first kappa shape index (κ1) is 17.9. The fourth-order valence-electron chi connectivity index (χ4n) is 4.23. The molecular formula is C17H28N2O4S. The summed E-state index contributed by atoms with van der Waals surface area (Å²) in [6.45, 7) is 2.50. The van der Waals surface area contributed by atoms with Crippen LogP contribution < -0.4 is 4.72 Å². The second-order valence-corrected chi connectivity index (χ2v) is 9.18. The largest absolute Gasteiger partial charge is 0.380 e. The maximum absolute atomic E-state index is 12.7. The van der Waals surface area contributed by atoms with Crippen molar-refractivity contribution in [2.45, 2.75) is 51.0 Å². The summed E-state index contributed by atoms with van der Waals surface area (Å²) in [7, 11) is -3.27. The van der Waals surface area contributed by atoms with Gasteiger partial charge in [0.25, 0.3) is 0 Å². The fourth-order valence-corrected chi connectivity index (χ4v) is 5.07. The molecule has 0 aromatic heterocycles. The van der Waals surface area contributed by atoms with Crippen molar-refractivity contribution in [2.24, 2.45) is 5.41 Å². The average Bonchev–Trinajstić information content (AvgIpc) is 2.57. The predicted octanol–water partition coefficient (Wildman–Crippen LogP) is 1.43. The Balaban J connectivity index is 1.65. The van der Waals surface area contributed by atoms with Crippen molar-refractivity contribution >= 4 is 15.9 Å². The topological polar surface area (TPSA) is 75.7 Å². The van der Waals surface area contributed by atoms with E-state index in [4.69, 9.17) is 4.74 Å². The van der Waals surface area contributed by atoms with Crippen LogP contribution in [0.4, 0.5) is 0 Å². The van der Waals surface area contributed by atoms with E-state index >= 15 is 0 Å². The number of carbonyl (C=O) groups excluding carboxylic acids is 1. The van der Waals surface area contributed by atoms with Crippen LogP contribution in [0.2, 0.25) is 0 Å². The Labute approximate surface area is 144 Å². The van der Waals surface area contributed by atoms with Crippen molar-refractivity contribution in [1.29, 1.82) is 0 Å². The third-order valence-corrected chi connectivity index (χ3v) is 6.45. The molecule has 24 heavy (non-hydrogen) atoms. The van der Waals surface area contributed by atoms with Gasteiger partial charge in [-0.2, -0.15) is 0 Å². The highest BCUT2D eigenvalue weighted by atomic mass is 32.2. The van der Waals surface area contributed by atoms with E-state index in [2.05, 4.69) is 10.8 Å². The molecule has 1 atom stereocenters. The maximum atomic E-state index is 12.7. The van der Waals surface area contributed by atoms with E-state index in [1.54, 1.807) is 0 Å². The average molecular weight is 356 g/mol. The molecule has 2 saturated heterocycles. The van der Waals surface area contributed by atoms with Crippen LogP contribution in [0.25, 0.3) is 0 Å². The minimum absolute atomic E-state index is 0.0843. The van der Waals surface area contributed by atoms with E-state index in [-0.39, 0.29) is 17.4 Å². The third kappa shape index (κ3) is 4.00. The highest BCUT2D eigenvalue weighted by Crippen LogP contribution is 2.41. The van der Waals surface area contributed by atoms with E-state index in [0.29, 0.717) is 26.3 Å². The molecule has 7 heteroatoms. The van der Waals surface area contributed by atoms with Gasteiger partial charge >= 0.3 is 0 Å². The quantitative estimate of drug-likeness (QED) is 0.830. The normalized spacial score (nSPS) is 27.8. The molecule has 3 aliphatic rings. The fraction of sp³-hybridized carbons (Fsp3) is 0.824. The first-order valence-corrected chi connectivity index (χ1v) is 10.8. The van der Waals surface area contributed by atoms with Gasteiger partial charge in [-0.1, -0.05) is 6.08 Å². The summed E-state index contributed by atoms with van der Waals surface area (Å²) in [6.07, 6.45) is 10.0. The molecule has 1 aliphatic carbocycles. The van der Waals surface area contributed by atoms with Gasteiger partial charge in [-0.3, -0.25) is 4.79 Å². The van der Waals surface area contributed by atoms with Crippen LogP contribution in [-0.2, 0) is 19.6 Å². The first-order valence-electron chi connectivity index (χ1n) is 8.93. The number of amides is 1. The molecule has 6 nitrogen and oxygen atoms in total. The van der Waals surface area contributed by atoms with Crippen LogP contribution in [0.5, 0.6) is 0 Å². The van der Waals surface area contributed by atoms with E-state index in [0.717, 1.165) is 44.1 Å². The summed E-state index contributed by atoms with van der Waals surface area (Å²) in [5.74, 6) is 0.184. The SMILES string of the molecule is CS(=O)(=O)N[C@H]1COCCC12CCN(C(=O)C1=CCCCC1)CC2. The standard InChI is InChI=1S/C17H28N2O4S/c1-24(21,22)18-15-13-23-12-9-17(15)7-10-19(11-8-17)16(20)14-5-3-2-4-6-14/h5,15,18H,2-4,6-13H2,1H3/t15-/m0/s1. The van der Waals surface area contributed by atoms with Gasteiger partial charge in [-0.05, 0) is 50.4 Å². The molecule has 1 spiro atoms. The maximum Gasteiger partial charge on any atom is 0.249 e. The number of ether oxygens (including phenoxy) is 1. The molecule has 0 bridgehead atoms. The third-order valence-electron chi connectivity index (χ3n) is 5.74. The van der Waals surface area contributed by atoms with Crippen LogP contribution in [-0.4, -0.2) is 57.8 Å². The van der Waals surface area contributed by atoms with Gasteiger partial charge < -0.3 is 9.64 Å². The molecule has 3 rings (SSSR count). The van der Waals surface area contributed by atoms with Gasteiger partial charge in [-0.15, -0.1) is 0 Å². The summed E-state index contributed by atoms with van der Waals surface area (Å²) in [5.41, 5.74) is 0.883. The van der Waals surface area contributed by atoms with Gasteiger partial charge in [0, 0.05) is 25.3 Å². The molecule has 136 valence electrons. The van der Waals surface area contributed by atoms with Crippen molar-refractivity contribution in [3.63, 3.8) is 0 Å². The lowest BCUT2D eigenvalue weighted by Crippen LogP contribution is -2.58. The molecule has 2 heterocycles. The molecule has 1 amide bonds. The van der Waals surface area contributed by atoms with E-state index < -0.39 is 10.0 Å². The number of rotatable bonds is 3. The van der Waals surface area contributed by atoms with Crippen molar-refractivity contribution < 1.29 is 17.9 Å². The molecule has 0 aromatic carbocycles. The number of nitrogens with zero attached hydrogens (tertiary/aromatic N) is 1. The molecule has 2 fully saturated rings. The Morgan fingerprint density at radius 1 is 1.29 bits per heavy atom. The number of allylic oxidation sites excluding steroid dienone is 1. The van der Waals surface area contributed by atoms with E-state index in [1.807, 2.05) is 4.90 Å². The highest BCUT2D eigenvalue weighted by molar-refractivity contribution is 7.88. The van der Waals surface area contributed by atoms with Crippen molar-refractivity contribution in [2.75, 3.05) is 32.6 Å². The monoisotopic (exact) mass is 356 g/mol. The van der Waals surface area contributed by atoms with Crippen molar-refractivity contribution in [3.05, 3.63) is 11.6 Å². The Bertz CT molecular complexity index is 606. The smallest absolute Gasteiger partial charge is 0.249 e. The second-order valence-electron chi connectivity index (χ2n) is 7.40. The van der Waals surface area contributed by atoms with Crippen LogP contribution in [0.3, 0.4) is 0 Å². The molecule has 0 unspecified atom stereocenters. The number of likely N-dealkylation sites (tertiary alicyclic amines) is 1. The molecule has 2 aliphatic heterocycles. The van der Waals surface area contributed by atoms with Crippen LogP contribution in [0.1, 0.15) is 44.9 Å². The van der Waals surface area contributed by atoms with Gasteiger partial charge in [-0.25, -0.2) is 13.1 Å². The lowest BCUT2D eigenvalue weighted by Gasteiger charge is -2.49. The summed E-state index contributed by atoms with van der Waals surface area (Å²) in [5, 5.41) is 0. The molecule has 1 N–H and O–H groups in total. The Morgan fingerprint density at radius 3 is 2.67 bits per heavy atom. The Hall–Kier alpha value is -0.920. The first-order chi connectivity index (χ1) is 11.4. The van der Waals surface area contributed by atoms with Gasteiger partial charge in [0.15, 0.2) is 0 Å². The number of nitrogens with one attached hydrogen (secondary N) is 1. The molecule has 0 radical (unpaired) electrons.